The largest absolute Gasteiger partial charge is 0.355 e. The highest BCUT2D eigenvalue weighted by molar-refractivity contribution is 5.82. The third kappa shape index (κ3) is 3.74. The van der Waals surface area contributed by atoms with Gasteiger partial charge in [-0.3, -0.25) is 4.79 Å². The Morgan fingerprint density at radius 2 is 1.77 bits per heavy atom. The molecule has 0 unspecified atom stereocenters. The van der Waals surface area contributed by atoms with Crippen molar-refractivity contribution in [2.45, 2.75) is 31.8 Å². The van der Waals surface area contributed by atoms with E-state index in [-0.39, 0.29) is 11.9 Å². The summed E-state index contributed by atoms with van der Waals surface area (Å²) in [5.41, 5.74) is 3.91. The molecule has 2 aromatic carbocycles. The first kappa shape index (κ1) is 14.8. The predicted molar refractivity (Wildman–Crippen MR) is 88.5 cm³/mol. The first-order valence-corrected chi connectivity index (χ1v) is 7.95. The SMILES string of the molecule is O=C(NCCCc1ccccc1)[C@H]1Cc2ccccc2CN1. The molecule has 0 fully saturated rings. The maximum absolute atomic E-state index is 12.2. The molecule has 0 aromatic heterocycles. The third-order valence-corrected chi connectivity index (χ3v) is 4.18. The molecule has 0 spiro atoms. The lowest BCUT2D eigenvalue weighted by Crippen LogP contribution is -2.47. The normalized spacial score (nSPS) is 16.8. The number of hydrogen-bond acceptors (Lipinski definition) is 2. The first-order chi connectivity index (χ1) is 10.8. The predicted octanol–water partition coefficient (Wildman–Crippen LogP) is 2.45. The molecule has 3 heteroatoms. The van der Waals surface area contributed by atoms with Gasteiger partial charge in [0.2, 0.25) is 5.91 Å². The summed E-state index contributed by atoms with van der Waals surface area (Å²) in [4.78, 5) is 12.2. The van der Waals surface area contributed by atoms with Gasteiger partial charge >= 0.3 is 0 Å². The fraction of sp³-hybridized carbons (Fsp3) is 0.316. The Balaban J connectivity index is 1.43. The summed E-state index contributed by atoms with van der Waals surface area (Å²) in [6, 6.07) is 18.6. The summed E-state index contributed by atoms with van der Waals surface area (Å²) >= 11 is 0. The molecule has 0 radical (unpaired) electrons. The molecule has 114 valence electrons. The van der Waals surface area contributed by atoms with Gasteiger partial charge in [-0.1, -0.05) is 54.6 Å². The van der Waals surface area contributed by atoms with Crippen molar-refractivity contribution in [3.63, 3.8) is 0 Å². The van der Waals surface area contributed by atoms with E-state index in [0.29, 0.717) is 0 Å². The van der Waals surface area contributed by atoms with Gasteiger partial charge in [0.1, 0.15) is 0 Å². The molecule has 0 saturated carbocycles. The summed E-state index contributed by atoms with van der Waals surface area (Å²) in [7, 11) is 0. The van der Waals surface area contributed by atoms with E-state index >= 15 is 0 Å². The van der Waals surface area contributed by atoms with Gasteiger partial charge in [-0.15, -0.1) is 0 Å². The number of carbonyl (C=O) groups excluding carboxylic acids is 1. The number of rotatable bonds is 5. The highest BCUT2D eigenvalue weighted by Gasteiger charge is 2.23. The summed E-state index contributed by atoms with van der Waals surface area (Å²) in [6.07, 6.45) is 2.75. The molecule has 1 amide bonds. The first-order valence-electron chi connectivity index (χ1n) is 7.95. The van der Waals surface area contributed by atoms with Gasteiger partial charge in [0.15, 0.2) is 0 Å². The van der Waals surface area contributed by atoms with Crippen LogP contribution in [0.5, 0.6) is 0 Å². The topological polar surface area (TPSA) is 41.1 Å². The van der Waals surface area contributed by atoms with Crippen LogP contribution in [0.4, 0.5) is 0 Å². The van der Waals surface area contributed by atoms with E-state index in [2.05, 4.69) is 47.0 Å². The van der Waals surface area contributed by atoms with Gasteiger partial charge in [-0.25, -0.2) is 0 Å². The van der Waals surface area contributed by atoms with Crippen LogP contribution in [-0.2, 0) is 24.2 Å². The Labute approximate surface area is 131 Å². The van der Waals surface area contributed by atoms with Crippen LogP contribution in [0, 0.1) is 0 Å². The van der Waals surface area contributed by atoms with Crippen molar-refractivity contribution < 1.29 is 4.79 Å². The molecule has 2 N–H and O–H groups in total. The molecular weight excluding hydrogens is 272 g/mol. The lowest BCUT2D eigenvalue weighted by Gasteiger charge is -2.25. The van der Waals surface area contributed by atoms with E-state index in [1.54, 1.807) is 0 Å². The molecule has 1 atom stereocenters. The van der Waals surface area contributed by atoms with Crippen LogP contribution in [0.3, 0.4) is 0 Å². The standard InChI is InChI=1S/C19H22N2O/c22-19(20-12-6-9-15-7-2-1-3-8-15)18-13-16-10-4-5-11-17(16)14-21-18/h1-5,7-8,10-11,18,21H,6,9,12-14H2,(H,20,22)/t18-/m1/s1. The molecule has 22 heavy (non-hydrogen) atoms. The van der Waals surface area contributed by atoms with Gasteiger partial charge < -0.3 is 10.6 Å². The molecule has 0 saturated heterocycles. The molecule has 1 aliphatic rings. The Morgan fingerprint density at radius 1 is 1.05 bits per heavy atom. The van der Waals surface area contributed by atoms with Crippen molar-refractivity contribution in [1.29, 1.82) is 0 Å². The van der Waals surface area contributed by atoms with E-state index in [1.807, 2.05) is 18.2 Å². The van der Waals surface area contributed by atoms with E-state index in [9.17, 15) is 4.79 Å². The van der Waals surface area contributed by atoms with Gasteiger partial charge in [0.25, 0.3) is 0 Å². The van der Waals surface area contributed by atoms with Crippen molar-refractivity contribution in [3.8, 4) is 0 Å². The molecular formula is C19H22N2O. The highest BCUT2D eigenvalue weighted by Crippen LogP contribution is 2.16. The number of aryl methyl sites for hydroxylation is 1. The lowest BCUT2D eigenvalue weighted by molar-refractivity contribution is -0.123. The van der Waals surface area contributed by atoms with Crippen molar-refractivity contribution in [2.75, 3.05) is 6.54 Å². The number of amides is 1. The maximum atomic E-state index is 12.2. The smallest absolute Gasteiger partial charge is 0.237 e. The maximum Gasteiger partial charge on any atom is 0.237 e. The second kappa shape index (κ2) is 7.23. The van der Waals surface area contributed by atoms with Crippen LogP contribution in [0.15, 0.2) is 54.6 Å². The zero-order valence-corrected chi connectivity index (χ0v) is 12.7. The monoisotopic (exact) mass is 294 g/mol. The van der Waals surface area contributed by atoms with Crippen LogP contribution in [-0.4, -0.2) is 18.5 Å². The minimum absolute atomic E-state index is 0.105. The second-order valence-electron chi connectivity index (χ2n) is 5.79. The minimum Gasteiger partial charge on any atom is -0.355 e. The van der Waals surface area contributed by atoms with Crippen molar-refractivity contribution in [1.82, 2.24) is 10.6 Å². The fourth-order valence-corrected chi connectivity index (χ4v) is 2.91. The fourth-order valence-electron chi connectivity index (χ4n) is 2.91. The van der Waals surface area contributed by atoms with E-state index in [4.69, 9.17) is 0 Å². The van der Waals surface area contributed by atoms with Crippen molar-refractivity contribution in [2.24, 2.45) is 0 Å². The molecule has 0 aliphatic carbocycles. The van der Waals surface area contributed by atoms with Crippen LogP contribution < -0.4 is 10.6 Å². The van der Waals surface area contributed by atoms with Gasteiger partial charge in [0, 0.05) is 13.1 Å². The quantitative estimate of drug-likeness (QED) is 0.832. The van der Waals surface area contributed by atoms with E-state index < -0.39 is 0 Å². The number of carbonyl (C=O) groups is 1. The van der Waals surface area contributed by atoms with Gasteiger partial charge in [0.05, 0.1) is 6.04 Å². The Hall–Kier alpha value is -2.13. The molecule has 3 rings (SSSR count). The Morgan fingerprint density at radius 3 is 2.59 bits per heavy atom. The van der Waals surface area contributed by atoms with E-state index in [1.165, 1.54) is 16.7 Å². The lowest BCUT2D eigenvalue weighted by atomic mass is 9.95. The third-order valence-electron chi connectivity index (χ3n) is 4.18. The Kier molecular flexibility index (Phi) is 4.86. The average Bonchev–Trinajstić information content (AvgIpc) is 2.59. The van der Waals surface area contributed by atoms with Crippen LogP contribution in [0.1, 0.15) is 23.1 Å². The van der Waals surface area contributed by atoms with Crippen molar-refractivity contribution >= 4 is 5.91 Å². The Bertz CT molecular complexity index is 624. The van der Waals surface area contributed by atoms with Crippen LogP contribution in [0.25, 0.3) is 0 Å². The molecule has 3 nitrogen and oxygen atoms in total. The summed E-state index contributed by atoms with van der Waals surface area (Å²) in [5.74, 6) is 0.113. The molecule has 0 bridgehead atoms. The van der Waals surface area contributed by atoms with Crippen molar-refractivity contribution in [3.05, 3.63) is 71.3 Å². The van der Waals surface area contributed by atoms with Crippen LogP contribution in [0.2, 0.25) is 0 Å². The zero-order chi connectivity index (χ0) is 15.2. The number of fused-ring (bicyclic) bond motifs is 1. The number of hydrogen-bond donors (Lipinski definition) is 2. The molecule has 2 aromatic rings. The minimum atomic E-state index is -0.105. The number of benzene rings is 2. The highest BCUT2D eigenvalue weighted by atomic mass is 16.2. The molecule has 1 aliphatic heterocycles. The van der Waals surface area contributed by atoms with E-state index in [0.717, 1.165) is 32.4 Å². The van der Waals surface area contributed by atoms with Gasteiger partial charge in [-0.2, -0.15) is 0 Å². The van der Waals surface area contributed by atoms with Gasteiger partial charge in [-0.05, 0) is 36.0 Å². The average molecular weight is 294 g/mol. The summed E-state index contributed by atoms with van der Waals surface area (Å²) in [5, 5.41) is 6.37. The summed E-state index contributed by atoms with van der Waals surface area (Å²) < 4.78 is 0. The zero-order valence-electron chi connectivity index (χ0n) is 12.7. The van der Waals surface area contributed by atoms with Crippen LogP contribution >= 0.6 is 0 Å². The second-order valence-corrected chi connectivity index (χ2v) is 5.79. The molecule has 1 heterocycles. The summed E-state index contributed by atoms with van der Waals surface area (Å²) in [6.45, 7) is 1.51. The number of nitrogens with one attached hydrogen (secondary N) is 2.